The van der Waals surface area contributed by atoms with Crippen molar-refractivity contribution < 1.29 is 4.79 Å². The number of hydrogen-bond donors (Lipinski definition) is 1. The van der Waals surface area contributed by atoms with Crippen molar-refractivity contribution in [2.24, 2.45) is 16.6 Å². The van der Waals surface area contributed by atoms with Gasteiger partial charge in [0.15, 0.2) is 0 Å². The highest BCUT2D eigenvalue weighted by Gasteiger charge is 2.50. The highest BCUT2D eigenvalue weighted by Crippen LogP contribution is 2.51. The van der Waals surface area contributed by atoms with E-state index >= 15 is 0 Å². The van der Waals surface area contributed by atoms with Crippen LogP contribution in [-0.4, -0.2) is 30.9 Å². The second-order valence-corrected chi connectivity index (χ2v) is 6.06. The second kappa shape index (κ2) is 4.74. The zero-order chi connectivity index (χ0) is 12.4. The molecule has 3 heteroatoms. The molecule has 0 saturated heterocycles. The quantitative estimate of drug-likeness (QED) is 0.753. The number of carbonyl (C=O) groups excluding carboxylic acids is 1. The van der Waals surface area contributed by atoms with Gasteiger partial charge in [0.2, 0.25) is 5.91 Å². The molecule has 1 fully saturated rings. The van der Waals surface area contributed by atoms with Crippen molar-refractivity contribution in [2.75, 3.05) is 20.1 Å². The van der Waals surface area contributed by atoms with Crippen molar-refractivity contribution in [2.45, 2.75) is 46.5 Å². The number of amides is 1. The van der Waals surface area contributed by atoms with E-state index in [1.54, 1.807) is 0 Å². The average molecular weight is 226 g/mol. The van der Waals surface area contributed by atoms with Gasteiger partial charge in [0.25, 0.3) is 0 Å². The monoisotopic (exact) mass is 226 g/mol. The van der Waals surface area contributed by atoms with E-state index in [-0.39, 0.29) is 10.8 Å². The molecular weight excluding hydrogens is 200 g/mol. The minimum atomic E-state index is -0.00578. The summed E-state index contributed by atoms with van der Waals surface area (Å²) in [6.45, 7) is 7.74. The van der Waals surface area contributed by atoms with Gasteiger partial charge < -0.3 is 10.6 Å². The van der Waals surface area contributed by atoms with Crippen LogP contribution in [0.1, 0.15) is 46.5 Å². The topological polar surface area (TPSA) is 46.3 Å². The Hall–Kier alpha value is -0.570. The fraction of sp³-hybridized carbons (Fsp3) is 0.923. The minimum Gasteiger partial charge on any atom is -0.345 e. The molecule has 0 unspecified atom stereocenters. The highest BCUT2D eigenvalue weighted by molar-refractivity contribution is 5.85. The van der Waals surface area contributed by atoms with Gasteiger partial charge in [-0.3, -0.25) is 4.79 Å². The Morgan fingerprint density at radius 3 is 2.38 bits per heavy atom. The van der Waals surface area contributed by atoms with Crippen LogP contribution >= 0.6 is 0 Å². The maximum Gasteiger partial charge on any atom is 0.228 e. The molecule has 0 atom stereocenters. The highest BCUT2D eigenvalue weighted by atomic mass is 16.2. The Balaban J connectivity index is 2.55. The lowest BCUT2D eigenvalue weighted by Gasteiger charge is -2.31. The minimum absolute atomic E-state index is 0.00578. The standard InChI is InChI=1S/C13H26N2O/c1-5-6-13(7-8-13)11(16)15(4)10-12(2,3)9-14/h5-10,14H2,1-4H3. The van der Waals surface area contributed by atoms with E-state index in [2.05, 4.69) is 20.8 Å². The summed E-state index contributed by atoms with van der Waals surface area (Å²) in [6.07, 6.45) is 4.29. The van der Waals surface area contributed by atoms with Crippen LogP contribution in [0.15, 0.2) is 0 Å². The summed E-state index contributed by atoms with van der Waals surface area (Å²) in [6, 6.07) is 0. The largest absolute Gasteiger partial charge is 0.345 e. The third kappa shape index (κ3) is 2.97. The Kier molecular flexibility index (Phi) is 4.00. The van der Waals surface area contributed by atoms with Crippen LogP contribution in [0.5, 0.6) is 0 Å². The van der Waals surface area contributed by atoms with Crippen molar-refractivity contribution in [3.05, 3.63) is 0 Å². The van der Waals surface area contributed by atoms with Gasteiger partial charge in [-0.15, -0.1) is 0 Å². The molecule has 1 saturated carbocycles. The Bertz CT molecular complexity index is 257. The van der Waals surface area contributed by atoms with Crippen LogP contribution in [0, 0.1) is 10.8 Å². The first-order valence-corrected chi connectivity index (χ1v) is 6.32. The van der Waals surface area contributed by atoms with Crippen molar-refractivity contribution in [1.82, 2.24) is 4.90 Å². The summed E-state index contributed by atoms with van der Waals surface area (Å²) in [5.74, 6) is 0.330. The van der Waals surface area contributed by atoms with E-state index < -0.39 is 0 Å². The van der Waals surface area contributed by atoms with E-state index in [4.69, 9.17) is 5.73 Å². The molecule has 0 heterocycles. The number of nitrogens with zero attached hydrogens (tertiary/aromatic N) is 1. The molecule has 3 nitrogen and oxygen atoms in total. The van der Waals surface area contributed by atoms with Gasteiger partial charge in [0.1, 0.15) is 0 Å². The number of hydrogen-bond acceptors (Lipinski definition) is 2. The SMILES string of the molecule is CCCC1(C(=O)N(C)CC(C)(C)CN)CC1. The maximum absolute atomic E-state index is 12.3. The van der Waals surface area contributed by atoms with Crippen LogP contribution in [-0.2, 0) is 4.79 Å². The summed E-state index contributed by atoms with van der Waals surface area (Å²) >= 11 is 0. The Labute approximate surface area is 99.4 Å². The van der Waals surface area contributed by atoms with Gasteiger partial charge in [-0.1, -0.05) is 27.2 Å². The van der Waals surface area contributed by atoms with E-state index in [1.807, 2.05) is 11.9 Å². The third-order valence-corrected chi connectivity index (χ3v) is 3.60. The van der Waals surface area contributed by atoms with E-state index in [0.29, 0.717) is 12.5 Å². The fourth-order valence-electron chi connectivity index (χ4n) is 2.38. The van der Waals surface area contributed by atoms with Crippen LogP contribution in [0.25, 0.3) is 0 Å². The molecule has 1 amide bonds. The first-order valence-electron chi connectivity index (χ1n) is 6.32. The molecule has 0 aromatic rings. The lowest BCUT2D eigenvalue weighted by atomic mass is 9.91. The van der Waals surface area contributed by atoms with Gasteiger partial charge in [-0.25, -0.2) is 0 Å². The molecule has 0 bridgehead atoms. The number of nitrogens with two attached hydrogens (primary N) is 1. The van der Waals surface area contributed by atoms with E-state index in [9.17, 15) is 4.79 Å². The molecule has 0 spiro atoms. The zero-order valence-corrected chi connectivity index (χ0v) is 11.2. The summed E-state index contributed by atoms with van der Waals surface area (Å²) in [7, 11) is 1.91. The fourth-order valence-corrected chi connectivity index (χ4v) is 2.38. The third-order valence-electron chi connectivity index (χ3n) is 3.60. The summed E-state index contributed by atoms with van der Waals surface area (Å²) in [5, 5.41) is 0. The first kappa shape index (κ1) is 13.5. The van der Waals surface area contributed by atoms with Crippen molar-refractivity contribution in [1.29, 1.82) is 0 Å². The van der Waals surface area contributed by atoms with Gasteiger partial charge in [0, 0.05) is 19.0 Å². The summed E-state index contributed by atoms with van der Waals surface area (Å²) in [4.78, 5) is 14.2. The Morgan fingerprint density at radius 2 is 2.00 bits per heavy atom. The molecule has 0 radical (unpaired) electrons. The van der Waals surface area contributed by atoms with E-state index in [1.165, 1.54) is 0 Å². The van der Waals surface area contributed by atoms with Crippen LogP contribution in [0.3, 0.4) is 0 Å². The normalized spacial score (nSPS) is 18.3. The van der Waals surface area contributed by atoms with Gasteiger partial charge >= 0.3 is 0 Å². The molecule has 0 aliphatic heterocycles. The second-order valence-electron chi connectivity index (χ2n) is 6.06. The summed E-state index contributed by atoms with van der Waals surface area (Å²) in [5.41, 5.74) is 5.71. The molecule has 1 rings (SSSR count). The van der Waals surface area contributed by atoms with E-state index in [0.717, 1.165) is 32.2 Å². The molecule has 0 aromatic heterocycles. The van der Waals surface area contributed by atoms with Crippen molar-refractivity contribution in [3.63, 3.8) is 0 Å². The summed E-state index contributed by atoms with van der Waals surface area (Å²) < 4.78 is 0. The molecular formula is C13H26N2O. The average Bonchev–Trinajstić information content (AvgIpc) is 2.98. The molecule has 1 aliphatic carbocycles. The predicted octanol–water partition coefficient (Wildman–Crippen LogP) is 2.01. The first-order chi connectivity index (χ1) is 7.37. The van der Waals surface area contributed by atoms with Crippen LogP contribution < -0.4 is 5.73 Å². The lowest BCUT2D eigenvalue weighted by Crippen LogP contribution is -2.42. The molecule has 16 heavy (non-hydrogen) atoms. The lowest BCUT2D eigenvalue weighted by molar-refractivity contribution is -0.137. The smallest absolute Gasteiger partial charge is 0.228 e. The van der Waals surface area contributed by atoms with Gasteiger partial charge in [-0.2, -0.15) is 0 Å². The molecule has 1 aliphatic rings. The number of rotatable bonds is 6. The van der Waals surface area contributed by atoms with Crippen LogP contribution in [0.2, 0.25) is 0 Å². The molecule has 94 valence electrons. The van der Waals surface area contributed by atoms with Crippen molar-refractivity contribution >= 4 is 5.91 Å². The molecule has 0 aromatic carbocycles. The van der Waals surface area contributed by atoms with Crippen molar-refractivity contribution in [3.8, 4) is 0 Å². The van der Waals surface area contributed by atoms with Gasteiger partial charge in [-0.05, 0) is 31.2 Å². The zero-order valence-electron chi connectivity index (χ0n) is 11.2. The Morgan fingerprint density at radius 1 is 1.44 bits per heavy atom. The number of carbonyl (C=O) groups is 1. The maximum atomic E-state index is 12.3. The molecule has 2 N–H and O–H groups in total. The van der Waals surface area contributed by atoms with Gasteiger partial charge in [0.05, 0.1) is 0 Å². The van der Waals surface area contributed by atoms with Crippen LogP contribution in [0.4, 0.5) is 0 Å². The predicted molar refractivity (Wildman–Crippen MR) is 67.0 cm³/mol.